The van der Waals surface area contributed by atoms with Crippen LogP contribution in [0.5, 0.6) is 0 Å². The average Bonchev–Trinajstić information content (AvgIpc) is 2.38. The fraction of sp³-hybridized carbons (Fsp3) is 0.500. The Kier molecular flexibility index (Phi) is 4.08. The molecule has 0 bridgehead atoms. The summed E-state index contributed by atoms with van der Waals surface area (Å²) in [5.41, 5.74) is -1.18. The number of hydrogen-bond acceptors (Lipinski definition) is 3. The fourth-order valence-electron chi connectivity index (χ4n) is 2.20. The minimum atomic E-state index is -4.74. The molecule has 0 aromatic heterocycles. The van der Waals surface area contributed by atoms with Gasteiger partial charge in [0.05, 0.1) is 16.6 Å². The van der Waals surface area contributed by atoms with Gasteiger partial charge in [0.1, 0.15) is 0 Å². The second-order valence-corrected chi connectivity index (χ2v) is 6.56. The van der Waals surface area contributed by atoms with Gasteiger partial charge in [-0.05, 0) is 25.0 Å². The van der Waals surface area contributed by atoms with E-state index in [9.17, 15) is 26.7 Å². The molecule has 1 aromatic carbocycles. The molecular weight excluding hydrogens is 295 g/mol. The molecule has 20 heavy (non-hydrogen) atoms. The first-order chi connectivity index (χ1) is 9.23. The molecule has 0 amide bonds. The fourth-order valence-corrected chi connectivity index (χ4v) is 3.93. The van der Waals surface area contributed by atoms with Crippen LogP contribution < -0.4 is 0 Å². The maximum atomic E-state index is 12.9. The summed E-state index contributed by atoms with van der Waals surface area (Å²) in [6.45, 7) is -0.0554. The van der Waals surface area contributed by atoms with Gasteiger partial charge in [0.15, 0.2) is 0 Å². The molecule has 112 valence electrons. The van der Waals surface area contributed by atoms with Gasteiger partial charge in [-0.25, -0.2) is 8.42 Å². The highest BCUT2D eigenvalue weighted by molar-refractivity contribution is 7.89. The summed E-state index contributed by atoms with van der Waals surface area (Å²) in [5, 5.41) is 9.49. The van der Waals surface area contributed by atoms with Gasteiger partial charge in [-0.3, -0.25) is 0 Å². The van der Waals surface area contributed by atoms with E-state index in [4.69, 9.17) is 0 Å². The molecule has 4 nitrogen and oxygen atoms in total. The number of aliphatic hydroxyl groups excluding tert-OH is 1. The number of piperidine rings is 1. The van der Waals surface area contributed by atoms with Crippen LogP contribution in [-0.2, 0) is 16.2 Å². The van der Waals surface area contributed by atoms with Crippen molar-refractivity contribution in [1.29, 1.82) is 0 Å². The highest BCUT2D eigenvalue weighted by atomic mass is 32.2. The predicted molar refractivity (Wildman–Crippen MR) is 65.4 cm³/mol. The minimum absolute atomic E-state index is 0.117. The van der Waals surface area contributed by atoms with Crippen molar-refractivity contribution in [2.24, 2.45) is 0 Å². The molecule has 1 saturated heterocycles. The zero-order valence-corrected chi connectivity index (χ0v) is 11.3. The number of hydrogen-bond donors (Lipinski definition) is 1. The van der Waals surface area contributed by atoms with E-state index in [0.29, 0.717) is 12.8 Å². The van der Waals surface area contributed by atoms with Crippen LogP contribution in [0.4, 0.5) is 13.2 Å². The van der Waals surface area contributed by atoms with E-state index in [1.165, 1.54) is 6.07 Å². The number of alkyl halides is 3. The molecule has 0 spiro atoms. The van der Waals surface area contributed by atoms with Gasteiger partial charge in [0.25, 0.3) is 0 Å². The number of aliphatic hydroxyl groups is 1. The molecule has 1 atom stereocenters. The Morgan fingerprint density at radius 1 is 1.25 bits per heavy atom. The van der Waals surface area contributed by atoms with Crippen molar-refractivity contribution in [2.45, 2.75) is 30.0 Å². The summed E-state index contributed by atoms with van der Waals surface area (Å²) in [6, 6.07) is 4.09. The van der Waals surface area contributed by atoms with Crippen molar-refractivity contribution in [2.75, 3.05) is 13.1 Å². The average molecular weight is 309 g/mol. The predicted octanol–water partition coefficient (Wildman–Crippen LogP) is 1.85. The molecule has 1 fully saturated rings. The van der Waals surface area contributed by atoms with E-state index in [0.717, 1.165) is 22.5 Å². The van der Waals surface area contributed by atoms with Crippen molar-refractivity contribution in [1.82, 2.24) is 4.31 Å². The van der Waals surface area contributed by atoms with Gasteiger partial charge < -0.3 is 5.11 Å². The quantitative estimate of drug-likeness (QED) is 0.907. The first-order valence-electron chi connectivity index (χ1n) is 6.07. The number of nitrogens with zero attached hydrogens (tertiary/aromatic N) is 1. The van der Waals surface area contributed by atoms with Crippen LogP contribution in [-0.4, -0.2) is 37.0 Å². The largest absolute Gasteiger partial charge is 0.417 e. The van der Waals surface area contributed by atoms with Crippen molar-refractivity contribution in [3.05, 3.63) is 29.8 Å². The number of β-amino-alcohol motifs (C(OH)–C–C–N with tert-alkyl or cyclic N) is 1. The molecule has 0 unspecified atom stereocenters. The Hall–Kier alpha value is -1.12. The van der Waals surface area contributed by atoms with Gasteiger partial charge in [0, 0.05) is 13.1 Å². The molecule has 1 N–H and O–H groups in total. The SMILES string of the molecule is O=S(=O)(c1ccccc1C(F)(F)F)N1CCC[C@H](O)C1. The van der Waals surface area contributed by atoms with Gasteiger partial charge in [-0.2, -0.15) is 17.5 Å². The molecule has 8 heteroatoms. The van der Waals surface area contributed by atoms with Crippen LogP contribution in [0.15, 0.2) is 29.2 Å². The van der Waals surface area contributed by atoms with Crippen molar-refractivity contribution in [3.8, 4) is 0 Å². The van der Waals surface area contributed by atoms with E-state index >= 15 is 0 Å². The maximum Gasteiger partial charge on any atom is 0.417 e. The van der Waals surface area contributed by atoms with Crippen LogP contribution >= 0.6 is 0 Å². The minimum Gasteiger partial charge on any atom is -0.392 e. The summed E-state index contributed by atoms with van der Waals surface area (Å²) < 4.78 is 64.2. The van der Waals surface area contributed by atoms with Crippen molar-refractivity contribution in [3.63, 3.8) is 0 Å². The molecular formula is C12H14F3NO3S. The van der Waals surface area contributed by atoms with E-state index in [1.54, 1.807) is 0 Å². The highest BCUT2D eigenvalue weighted by Crippen LogP contribution is 2.35. The summed E-state index contributed by atoms with van der Waals surface area (Å²) in [5.74, 6) is 0. The third-order valence-corrected chi connectivity index (χ3v) is 5.09. The zero-order chi connectivity index (χ0) is 15.0. The Morgan fingerprint density at radius 2 is 1.90 bits per heavy atom. The lowest BCUT2D eigenvalue weighted by Crippen LogP contribution is -2.42. The van der Waals surface area contributed by atoms with Crippen molar-refractivity contribution >= 4 is 10.0 Å². The van der Waals surface area contributed by atoms with E-state index in [-0.39, 0.29) is 13.1 Å². The topological polar surface area (TPSA) is 57.6 Å². The van der Waals surface area contributed by atoms with E-state index in [2.05, 4.69) is 0 Å². The molecule has 1 aromatic rings. The summed E-state index contributed by atoms with van der Waals surface area (Å²) in [6.07, 6.45) is -4.70. The summed E-state index contributed by atoms with van der Waals surface area (Å²) in [7, 11) is -4.26. The lowest BCUT2D eigenvalue weighted by Gasteiger charge is -2.30. The number of sulfonamides is 1. The van der Waals surface area contributed by atoms with Crippen LogP contribution in [0, 0.1) is 0 Å². The molecule has 2 rings (SSSR count). The Labute approximate surface area is 114 Å². The molecule has 0 radical (unpaired) electrons. The Balaban J connectivity index is 2.45. The smallest absolute Gasteiger partial charge is 0.392 e. The van der Waals surface area contributed by atoms with E-state index < -0.39 is 32.8 Å². The molecule has 1 aliphatic heterocycles. The first-order valence-corrected chi connectivity index (χ1v) is 7.51. The lowest BCUT2D eigenvalue weighted by molar-refractivity contribution is -0.139. The monoisotopic (exact) mass is 309 g/mol. The summed E-state index contributed by atoms with van der Waals surface area (Å²) in [4.78, 5) is -0.762. The molecule has 0 saturated carbocycles. The number of halogens is 3. The summed E-state index contributed by atoms with van der Waals surface area (Å²) >= 11 is 0. The molecule has 1 heterocycles. The standard InChI is InChI=1S/C12H14F3NO3S/c13-12(14,15)10-5-1-2-6-11(10)20(18,19)16-7-3-4-9(17)8-16/h1-2,5-6,9,17H,3-4,7-8H2/t9-/m0/s1. The van der Waals surface area contributed by atoms with Crippen molar-refractivity contribution < 1.29 is 26.7 Å². The van der Waals surface area contributed by atoms with E-state index in [1.807, 2.05) is 0 Å². The second kappa shape index (κ2) is 5.34. The Morgan fingerprint density at radius 3 is 2.50 bits per heavy atom. The third kappa shape index (κ3) is 2.97. The second-order valence-electron chi connectivity index (χ2n) is 4.65. The lowest BCUT2D eigenvalue weighted by atomic mass is 10.1. The maximum absolute atomic E-state index is 12.9. The Bertz CT molecular complexity index is 586. The molecule has 1 aliphatic rings. The van der Waals surface area contributed by atoms with Gasteiger partial charge in [-0.1, -0.05) is 12.1 Å². The molecule has 0 aliphatic carbocycles. The normalized spacial score (nSPS) is 21.9. The van der Waals surface area contributed by atoms with Gasteiger partial charge in [-0.15, -0.1) is 0 Å². The third-order valence-electron chi connectivity index (χ3n) is 3.17. The first kappa shape index (κ1) is 15.3. The van der Waals surface area contributed by atoms with Crippen LogP contribution in [0.1, 0.15) is 18.4 Å². The number of benzene rings is 1. The van der Waals surface area contributed by atoms with Gasteiger partial charge in [0.2, 0.25) is 10.0 Å². The van der Waals surface area contributed by atoms with Crippen LogP contribution in [0.25, 0.3) is 0 Å². The number of rotatable bonds is 2. The van der Waals surface area contributed by atoms with Gasteiger partial charge >= 0.3 is 6.18 Å². The van der Waals surface area contributed by atoms with Crippen LogP contribution in [0.3, 0.4) is 0 Å². The van der Waals surface area contributed by atoms with Crippen LogP contribution in [0.2, 0.25) is 0 Å². The zero-order valence-electron chi connectivity index (χ0n) is 10.5. The highest BCUT2D eigenvalue weighted by Gasteiger charge is 2.39.